The van der Waals surface area contributed by atoms with Gasteiger partial charge in [0.1, 0.15) is 17.2 Å². The maximum absolute atomic E-state index is 12.9. The summed E-state index contributed by atoms with van der Waals surface area (Å²) < 4.78 is 21.5. The SMILES string of the molecule is COc1cc(OC)cc(C(=O)NC(=NC[C@@H]2CCCO2)Nc2ccccc2OC)c1. The minimum Gasteiger partial charge on any atom is -0.497 e. The van der Waals surface area contributed by atoms with Crippen LogP contribution in [0.15, 0.2) is 47.5 Å². The highest BCUT2D eigenvalue weighted by Crippen LogP contribution is 2.24. The van der Waals surface area contributed by atoms with Crippen molar-refractivity contribution < 1.29 is 23.7 Å². The number of nitrogens with one attached hydrogen (secondary N) is 2. The molecule has 0 saturated carbocycles. The molecular formula is C22H27N3O5. The van der Waals surface area contributed by atoms with E-state index in [1.807, 2.05) is 24.3 Å². The van der Waals surface area contributed by atoms with Crippen LogP contribution in [0.4, 0.5) is 5.69 Å². The number of benzene rings is 2. The van der Waals surface area contributed by atoms with E-state index in [1.165, 1.54) is 14.2 Å². The summed E-state index contributed by atoms with van der Waals surface area (Å²) in [6.45, 7) is 1.19. The molecule has 1 atom stereocenters. The van der Waals surface area contributed by atoms with Crippen molar-refractivity contribution >= 4 is 17.6 Å². The van der Waals surface area contributed by atoms with Gasteiger partial charge in [-0.3, -0.25) is 10.1 Å². The maximum Gasteiger partial charge on any atom is 0.258 e. The first-order valence-electron chi connectivity index (χ1n) is 9.73. The fourth-order valence-electron chi connectivity index (χ4n) is 3.09. The van der Waals surface area contributed by atoms with Crippen LogP contribution in [-0.4, -0.2) is 52.5 Å². The topological polar surface area (TPSA) is 90.4 Å². The van der Waals surface area contributed by atoms with Gasteiger partial charge in [0.05, 0.1) is 39.7 Å². The summed E-state index contributed by atoms with van der Waals surface area (Å²) in [5.74, 6) is 1.65. The first-order valence-corrected chi connectivity index (χ1v) is 9.73. The Morgan fingerprint density at radius 3 is 2.47 bits per heavy atom. The quantitative estimate of drug-likeness (QED) is 0.536. The van der Waals surface area contributed by atoms with Crippen molar-refractivity contribution in [3.05, 3.63) is 48.0 Å². The second-order valence-electron chi connectivity index (χ2n) is 6.71. The Balaban J connectivity index is 1.82. The van der Waals surface area contributed by atoms with Gasteiger partial charge < -0.3 is 24.3 Å². The number of carbonyl (C=O) groups excluding carboxylic acids is 1. The first kappa shape index (κ1) is 21.4. The third-order valence-electron chi connectivity index (χ3n) is 4.68. The zero-order valence-corrected chi connectivity index (χ0v) is 17.4. The highest BCUT2D eigenvalue weighted by atomic mass is 16.5. The number of rotatable bonds is 7. The average molecular weight is 413 g/mol. The zero-order chi connectivity index (χ0) is 21.3. The molecule has 2 aromatic rings. The average Bonchev–Trinajstić information content (AvgIpc) is 3.31. The Kier molecular flexibility index (Phi) is 7.51. The number of hydrogen-bond donors (Lipinski definition) is 2. The van der Waals surface area contributed by atoms with Crippen molar-refractivity contribution in [2.75, 3.05) is 39.8 Å². The molecule has 0 aromatic heterocycles. The van der Waals surface area contributed by atoms with Crippen molar-refractivity contribution in [1.29, 1.82) is 0 Å². The van der Waals surface area contributed by atoms with Crippen LogP contribution in [0, 0.1) is 0 Å². The second-order valence-corrected chi connectivity index (χ2v) is 6.71. The molecule has 0 spiro atoms. The summed E-state index contributed by atoms with van der Waals surface area (Å²) >= 11 is 0. The fraction of sp³-hybridized carbons (Fsp3) is 0.364. The van der Waals surface area contributed by atoms with E-state index in [2.05, 4.69) is 15.6 Å². The van der Waals surface area contributed by atoms with Crippen LogP contribution in [0.2, 0.25) is 0 Å². The highest BCUT2D eigenvalue weighted by molar-refractivity contribution is 6.10. The van der Waals surface area contributed by atoms with Crippen LogP contribution in [0.3, 0.4) is 0 Å². The molecule has 8 heteroatoms. The number of hydrogen-bond acceptors (Lipinski definition) is 6. The summed E-state index contributed by atoms with van der Waals surface area (Å²) in [6.07, 6.45) is 2.02. The second kappa shape index (κ2) is 10.5. The lowest BCUT2D eigenvalue weighted by molar-refractivity contribution is 0.0975. The van der Waals surface area contributed by atoms with Gasteiger partial charge in [-0.05, 0) is 37.1 Å². The van der Waals surface area contributed by atoms with Crippen molar-refractivity contribution in [3.63, 3.8) is 0 Å². The van der Waals surface area contributed by atoms with Gasteiger partial charge in [0.25, 0.3) is 5.91 Å². The molecule has 2 aromatic carbocycles. The standard InChI is InChI=1S/C22H27N3O5/c1-27-17-11-15(12-18(13-17)28-2)21(26)25-22(23-14-16-7-6-10-30-16)24-19-8-4-5-9-20(19)29-3/h4-5,8-9,11-13,16H,6-7,10,14H2,1-3H3,(H2,23,24,25,26)/t16-/m0/s1. The third-order valence-corrected chi connectivity index (χ3v) is 4.68. The molecule has 8 nitrogen and oxygen atoms in total. The van der Waals surface area contributed by atoms with E-state index >= 15 is 0 Å². The largest absolute Gasteiger partial charge is 0.497 e. The van der Waals surface area contributed by atoms with Gasteiger partial charge in [-0.2, -0.15) is 0 Å². The van der Waals surface area contributed by atoms with Crippen molar-refractivity contribution in [3.8, 4) is 17.2 Å². The number of anilines is 1. The van der Waals surface area contributed by atoms with E-state index in [-0.39, 0.29) is 12.0 Å². The molecule has 1 heterocycles. The monoisotopic (exact) mass is 413 g/mol. The number of ether oxygens (including phenoxy) is 4. The number of aliphatic imine (C=N–C) groups is 1. The van der Waals surface area contributed by atoms with Crippen LogP contribution in [0.1, 0.15) is 23.2 Å². The smallest absolute Gasteiger partial charge is 0.258 e. The maximum atomic E-state index is 12.9. The molecule has 1 fully saturated rings. The van der Waals surface area contributed by atoms with E-state index < -0.39 is 0 Å². The minimum atomic E-state index is -0.347. The van der Waals surface area contributed by atoms with Crippen LogP contribution < -0.4 is 24.8 Å². The summed E-state index contributed by atoms with van der Waals surface area (Å²) in [4.78, 5) is 17.5. The molecule has 1 aliphatic rings. The molecule has 0 aliphatic carbocycles. The number of methoxy groups -OCH3 is 3. The number of guanidine groups is 1. The Labute approximate surface area is 176 Å². The Morgan fingerprint density at radius 1 is 1.10 bits per heavy atom. The molecular weight excluding hydrogens is 386 g/mol. The van der Waals surface area contributed by atoms with Gasteiger partial charge in [-0.15, -0.1) is 0 Å². The van der Waals surface area contributed by atoms with Gasteiger partial charge in [-0.1, -0.05) is 12.1 Å². The Bertz CT molecular complexity index is 872. The van der Waals surface area contributed by atoms with Crippen molar-refractivity contribution in [1.82, 2.24) is 5.32 Å². The van der Waals surface area contributed by atoms with E-state index in [4.69, 9.17) is 18.9 Å². The van der Waals surface area contributed by atoms with Gasteiger partial charge in [0.15, 0.2) is 0 Å². The molecule has 0 bridgehead atoms. The zero-order valence-electron chi connectivity index (χ0n) is 17.4. The van der Waals surface area contributed by atoms with Crippen LogP contribution in [0.5, 0.6) is 17.2 Å². The molecule has 0 radical (unpaired) electrons. The molecule has 1 saturated heterocycles. The summed E-state index contributed by atoms with van der Waals surface area (Å²) in [7, 11) is 4.66. The molecule has 1 amide bonds. The highest BCUT2D eigenvalue weighted by Gasteiger charge is 2.17. The van der Waals surface area contributed by atoms with Crippen LogP contribution in [0.25, 0.3) is 0 Å². The normalized spacial score (nSPS) is 16.1. The van der Waals surface area contributed by atoms with Gasteiger partial charge in [0, 0.05) is 18.2 Å². The molecule has 0 unspecified atom stereocenters. The molecule has 1 aliphatic heterocycles. The summed E-state index contributed by atoms with van der Waals surface area (Å²) in [5.41, 5.74) is 1.08. The van der Waals surface area contributed by atoms with Gasteiger partial charge in [0.2, 0.25) is 5.96 Å². The predicted molar refractivity (Wildman–Crippen MR) is 115 cm³/mol. The van der Waals surface area contributed by atoms with E-state index in [9.17, 15) is 4.79 Å². The Morgan fingerprint density at radius 2 is 1.83 bits per heavy atom. The van der Waals surface area contributed by atoms with Gasteiger partial charge >= 0.3 is 0 Å². The number of para-hydroxylation sites is 2. The van der Waals surface area contributed by atoms with Gasteiger partial charge in [-0.25, -0.2) is 4.99 Å². The number of nitrogens with zero attached hydrogens (tertiary/aromatic N) is 1. The van der Waals surface area contributed by atoms with Crippen LogP contribution in [-0.2, 0) is 4.74 Å². The van der Waals surface area contributed by atoms with Crippen molar-refractivity contribution in [2.24, 2.45) is 4.99 Å². The van der Waals surface area contributed by atoms with Crippen LogP contribution >= 0.6 is 0 Å². The number of amides is 1. The van der Waals surface area contributed by atoms with Crippen molar-refractivity contribution in [2.45, 2.75) is 18.9 Å². The molecule has 3 rings (SSSR count). The third kappa shape index (κ3) is 5.64. The Hall–Kier alpha value is -3.26. The summed E-state index contributed by atoms with van der Waals surface area (Å²) in [5, 5.41) is 5.99. The molecule has 160 valence electrons. The molecule has 30 heavy (non-hydrogen) atoms. The fourth-order valence-corrected chi connectivity index (χ4v) is 3.09. The minimum absolute atomic E-state index is 0.0493. The first-order chi connectivity index (χ1) is 14.6. The van der Waals surface area contributed by atoms with E-state index in [0.29, 0.717) is 41.0 Å². The van der Waals surface area contributed by atoms with E-state index in [0.717, 1.165) is 19.4 Å². The lowest BCUT2D eigenvalue weighted by atomic mass is 10.2. The van der Waals surface area contributed by atoms with E-state index in [1.54, 1.807) is 25.3 Å². The lowest BCUT2D eigenvalue weighted by Crippen LogP contribution is -2.37. The number of carbonyl (C=O) groups is 1. The molecule has 2 N–H and O–H groups in total. The summed E-state index contributed by atoms with van der Waals surface area (Å²) in [6, 6.07) is 12.4. The lowest BCUT2D eigenvalue weighted by Gasteiger charge is -2.16. The predicted octanol–water partition coefficient (Wildman–Crippen LogP) is 3.09.